The zero-order valence-corrected chi connectivity index (χ0v) is 16.4. The minimum absolute atomic E-state index is 0.107. The van der Waals surface area contributed by atoms with Crippen molar-refractivity contribution in [3.63, 3.8) is 0 Å². The van der Waals surface area contributed by atoms with Gasteiger partial charge in [0.25, 0.3) is 0 Å². The van der Waals surface area contributed by atoms with Crippen LogP contribution in [0.5, 0.6) is 5.75 Å². The second-order valence-corrected chi connectivity index (χ2v) is 7.44. The molecule has 0 unspecified atom stereocenters. The number of methoxy groups -OCH3 is 1. The Bertz CT molecular complexity index is 1130. The van der Waals surface area contributed by atoms with Crippen LogP contribution in [0.25, 0.3) is 20.7 Å². The lowest BCUT2D eigenvalue weighted by atomic mass is 10.1. The molecule has 5 nitrogen and oxygen atoms in total. The van der Waals surface area contributed by atoms with Gasteiger partial charge in [-0.15, -0.1) is 11.3 Å². The normalized spacial score (nSPS) is 11.9. The van der Waals surface area contributed by atoms with Crippen LogP contribution in [0.1, 0.15) is 28.9 Å². The molecule has 1 N–H and O–H groups in total. The molecular formula is C22H19N3O2S. The van der Waals surface area contributed by atoms with Gasteiger partial charge in [0.2, 0.25) is 0 Å². The average molecular weight is 389 g/mol. The topological polar surface area (TPSA) is 64.1 Å². The summed E-state index contributed by atoms with van der Waals surface area (Å²) in [5, 5.41) is 4.43. The number of carbonyl (C=O) groups is 1. The fraction of sp³-hybridized carbons (Fsp3) is 0.136. The van der Waals surface area contributed by atoms with Crippen molar-refractivity contribution in [1.29, 1.82) is 0 Å². The van der Waals surface area contributed by atoms with Gasteiger partial charge in [-0.25, -0.2) is 9.97 Å². The number of nitrogens with one attached hydrogen (secondary N) is 1. The van der Waals surface area contributed by atoms with Crippen LogP contribution in [0.3, 0.4) is 0 Å². The molecule has 0 aliphatic heterocycles. The first-order valence-corrected chi connectivity index (χ1v) is 9.71. The van der Waals surface area contributed by atoms with Crippen LogP contribution < -0.4 is 10.1 Å². The number of hydrogen-bond donors (Lipinski definition) is 1. The molecule has 0 amide bonds. The standard InChI is InChI=1S/C22H19N3O2S/c1-14(16-6-4-3-5-7-16)25-21-18-11-20(28-22(18)24-13-23-21)17-10-15(12-26)8-9-19(17)27-2/h3-14H,1-2H3,(H,23,24,25)/t14-/m1/s1. The number of nitrogens with zero attached hydrogens (tertiary/aromatic N) is 2. The Morgan fingerprint density at radius 2 is 1.93 bits per heavy atom. The van der Waals surface area contributed by atoms with E-state index in [0.29, 0.717) is 5.56 Å². The lowest BCUT2D eigenvalue weighted by Gasteiger charge is -2.15. The summed E-state index contributed by atoms with van der Waals surface area (Å²) in [4.78, 5) is 21.9. The zero-order chi connectivity index (χ0) is 19.5. The van der Waals surface area contributed by atoms with Crippen LogP contribution >= 0.6 is 11.3 Å². The van der Waals surface area contributed by atoms with Gasteiger partial charge in [0.1, 0.15) is 29.0 Å². The number of carbonyl (C=O) groups excluding carboxylic acids is 1. The molecule has 1 atom stereocenters. The van der Waals surface area contributed by atoms with E-state index in [2.05, 4.69) is 34.3 Å². The molecule has 0 aliphatic carbocycles. The van der Waals surface area contributed by atoms with Gasteiger partial charge in [0.05, 0.1) is 12.5 Å². The van der Waals surface area contributed by atoms with Crippen molar-refractivity contribution in [3.05, 3.63) is 72.1 Å². The van der Waals surface area contributed by atoms with Crippen LogP contribution in [-0.4, -0.2) is 23.4 Å². The van der Waals surface area contributed by atoms with E-state index in [-0.39, 0.29) is 6.04 Å². The van der Waals surface area contributed by atoms with Gasteiger partial charge in [0.15, 0.2) is 0 Å². The Hall–Kier alpha value is -3.25. The summed E-state index contributed by atoms with van der Waals surface area (Å²) < 4.78 is 5.49. The van der Waals surface area contributed by atoms with Crippen LogP contribution in [0, 0.1) is 0 Å². The molecule has 4 rings (SSSR count). The third kappa shape index (κ3) is 3.46. The van der Waals surface area contributed by atoms with Gasteiger partial charge < -0.3 is 10.1 Å². The Morgan fingerprint density at radius 3 is 2.68 bits per heavy atom. The van der Waals surface area contributed by atoms with Crippen molar-refractivity contribution in [1.82, 2.24) is 9.97 Å². The molecule has 0 fully saturated rings. The summed E-state index contributed by atoms with van der Waals surface area (Å²) in [5.41, 5.74) is 2.66. The van der Waals surface area contributed by atoms with Crippen LogP contribution in [0.15, 0.2) is 60.9 Å². The molecule has 28 heavy (non-hydrogen) atoms. The van der Waals surface area contributed by atoms with E-state index in [4.69, 9.17) is 4.74 Å². The predicted molar refractivity (Wildman–Crippen MR) is 113 cm³/mol. The highest BCUT2D eigenvalue weighted by atomic mass is 32.1. The number of aromatic nitrogens is 2. The van der Waals surface area contributed by atoms with Crippen LogP contribution in [0.2, 0.25) is 0 Å². The first-order chi connectivity index (χ1) is 13.7. The highest BCUT2D eigenvalue weighted by Crippen LogP contribution is 2.40. The third-order valence-corrected chi connectivity index (χ3v) is 5.68. The number of benzene rings is 2. The Morgan fingerprint density at radius 1 is 1.11 bits per heavy atom. The van der Waals surface area contributed by atoms with E-state index in [1.165, 1.54) is 5.56 Å². The number of fused-ring (bicyclic) bond motifs is 1. The van der Waals surface area contributed by atoms with Crippen LogP contribution in [-0.2, 0) is 0 Å². The molecule has 0 saturated heterocycles. The fourth-order valence-electron chi connectivity index (χ4n) is 3.12. The summed E-state index contributed by atoms with van der Waals surface area (Å²) in [6.07, 6.45) is 2.41. The maximum atomic E-state index is 11.2. The summed E-state index contributed by atoms with van der Waals surface area (Å²) in [6, 6.07) is 17.8. The highest BCUT2D eigenvalue weighted by Gasteiger charge is 2.15. The second-order valence-electron chi connectivity index (χ2n) is 6.41. The zero-order valence-electron chi connectivity index (χ0n) is 15.5. The number of ether oxygens (including phenoxy) is 1. The van der Waals surface area contributed by atoms with Crippen molar-refractivity contribution >= 4 is 33.7 Å². The first-order valence-electron chi connectivity index (χ1n) is 8.89. The Balaban J connectivity index is 1.75. The van der Waals surface area contributed by atoms with Gasteiger partial charge in [-0.05, 0) is 36.8 Å². The molecule has 0 bridgehead atoms. The molecule has 0 radical (unpaired) electrons. The number of rotatable bonds is 6. The molecule has 0 saturated carbocycles. The number of thiophene rings is 1. The first kappa shape index (κ1) is 18.1. The Kier molecular flexibility index (Phi) is 5.04. The van der Waals surface area contributed by atoms with Gasteiger partial charge >= 0.3 is 0 Å². The molecule has 0 aliphatic rings. The average Bonchev–Trinajstić information content (AvgIpc) is 3.19. The molecule has 2 heterocycles. The highest BCUT2D eigenvalue weighted by molar-refractivity contribution is 7.22. The van der Waals surface area contributed by atoms with Crippen molar-refractivity contribution < 1.29 is 9.53 Å². The molecular weight excluding hydrogens is 370 g/mol. The lowest BCUT2D eigenvalue weighted by Crippen LogP contribution is -2.08. The van der Waals surface area contributed by atoms with E-state index >= 15 is 0 Å². The summed E-state index contributed by atoms with van der Waals surface area (Å²) in [7, 11) is 1.63. The SMILES string of the molecule is COc1ccc(C=O)cc1-c1cc2c(N[C@H](C)c3ccccc3)ncnc2s1. The van der Waals surface area contributed by atoms with Crippen molar-refractivity contribution in [3.8, 4) is 16.2 Å². The van der Waals surface area contributed by atoms with E-state index < -0.39 is 0 Å². The number of aldehydes is 1. The second kappa shape index (κ2) is 7.78. The summed E-state index contributed by atoms with van der Waals surface area (Å²) in [6.45, 7) is 2.10. The third-order valence-electron chi connectivity index (χ3n) is 4.61. The molecule has 6 heteroatoms. The smallest absolute Gasteiger partial charge is 0.150 e. The minimum atomic E-state index is 0.107. The maximum Gasteiger partial charge on any atom is 0.150 e. The van der Waals surface area contributed by atoms with E-state index in [0.717, 1.165) is 38.5 Å². The van der Waals surface area contributed by atoms with Gasteiger partial charge in [-0.1, -0.05) is 30.3 Å². The van der Waals surface area contributed by atoms with Crippen molar-refractivity contribution in [2.75, 3.05) is 12.4 Å². The maximum absolute atomic E-state index is 11.2. The minimum Gasteiger partial charge on any atom is -0.496 e. The molecule has 140 valence electrons. The molecule has 4 aromatic rings. The van der Waals surface area contributed by atoms with E-state index in [9.17, 15) is 4.79 Å². The van der Waals surface area contributed by atoms with Crippen molar-refractivity contribution in [2.45, 2.75) is 13.0 Å². The van der Waals surface area contributed by atoms with Crippen LogP contribution in [0.4, 0.5) is 5.82 Å². The van der Waals surface area contributed by atoms with Gasteiger partial charge in [-0.3, -0.25) is 4.79 Å². The summed E-state index contributed by atoms with van der Waals surface area (Å²) in [5.74, 6) is 1.51. The van der Waals surface area contributed by atoms with E-state index in [1.54, 1.807) is 30.8 Å². The Labute approximate surface area is 167 Å². The molecule has 2 aromatic heterocycles. The number of hydrogen-bond acceptors (Lipinski definition) is 6. The fourth-order valence-corrected chi connectivity index (χ4v) is 4.14. The van der Waals surface area contributed by atoms with E-state index in [1.807, 2.05) is 36.4 Å². The largest absolute Gasteiger partial charge is 0.496 e. The summed E-state index contributed by atoms with van der Waals surface area (Å²) >= 11 is 1.55. The number of anilines is 1. The van der Waals surface area contributed by atoms with Gasteiger partial charge in [-0.2, -0.15) is 0 Å². The quantitative estimate of drug-likeness (QED) is 0.450. The molecule has 2 aromatic carbocycles. The monoisotopic (exact) mass is 389 g/mol. The molecule has 0 spiro atoms. The lowest BCUT2D eigenvalue weighted by molar-refractivity contribution is 0.112. The van der Waals surface area contributed by atoms with Gasteiger partial charge in [0, 0.05) is 22.0 Å². The predicted octanol–water partition coefficient (Wildman–Crippen LogP) is 5.35. The van der Waals surface area contributed by atoms with Crippen molar-refractivity contribution in [2.24, 2.45) is 0 Å².